The van der Waals surface area contributed by atoms with Gasteiger partial charge in [-0.1, -0.05) is 17.9 Å². The van der Waals surface area contributed by atoms with Crippen LogP contribution in [0.5, 0.6) is 0 Å². The number of halogens is 1. The van der Waals surface area contributed by atoms with E-state index < -0.39 is 0 Å². The first kappa shape index (κ1) is 16.2. The lowest BCUT2D eigenvalue weighted by atomic mass is 10.0. The zero-order valence-corrected chi connectivity index (χ0v) is 13.9. The van der Waals surface area contributed by atoms with Gasteiger partial charge in [0.15, 0.2) is 0 Å². The number of pyridine rings is 1. The van der Waals surface area contributed by atoms with Crippen molar-refractivity contribution in [2.75, 3.05) is 12.1 Å². The Morgan fingerprint density at radius 1 is 1.17 bits per heavy atom. The minimum absolute atomic E-state index is 0.0218. The number of amides is 1. The number of benzene rings is 1. The van der Waals surface area contributed by atoms with Crippen molar-refractivity contribution < 1.29 is 9.18 Å². The molecule has 4 nitrogen and oxygen atoms in total. The van der Waals surface area contributed by atoms with Crippen molar-refractivity contribution in [3.05, 3.63) is 59.5 Å². The molecule has 0 aliphatic carbocycles. The summed E-state index contributed by atoms with van der Waals surface area (Å²) in [6.07, 6.45) is 2.07. The van der Waals surface area contributed by atoms with Gasteiger partial charge in [0.25, 0.3) is 0 Å². The van der Waals surface area contributed by atoms with Crippen molar-refractivity contribution in [2.45, 2.75) is 25.8 Å². The minimum atomic E-state index is -0.312. The fourth-order valence-electron chi connectivity index (χ4n) is 2.57. The predicted octanol–water partition coefficient (Wildman–Crippen LogP) is 2.98. The lowest BCUT2D eigenvalue weighted by Crippen LogP contribution is -2.44. The number of carbonyl (C=O) groups excluding carboxylic acids is 1. The van der Waals surface area contributed by atoms with E-state index in [1.807, 2.05) is 25.9 Å². The zero-order valence-electron chi connectivity index (χ0n) is 13.9. The highest BCUT2D eigenvalue weighted by Gasteiger charge is 2.42. The van der Waals surface area contributed by atoms with E-state index in [9.17, 15) is 9.18 Å². The van der Waals surface area contributed by atoms with E-state index in [0.717, 1.165) is 0 Å². The lowest BCUT2D eigenvalue weighted by Gasteiger charge is -2.31. The van der Waals surface area contributed by atoms with Gasteiger partial charge in [0.1, 0.15) is 11.6 Å². The van der Waals surface area contributed by atoms with Gasteiger partial charge in [0.05, 0.1) is 0 Å². The highest BCUT2D eigenvalue weighted by atomic mass is 19.1. The summed E-state index contributed by atoms with van der Waals surface area (Å²) in [7, 11) is 1.88. The summed E-state index contributed by atoms with van der Waals surface area (Å²) in [5, 5.41) is 3.49. The molecule has 0 saturated carbocycles. The van der Waals surface area contributed by atoms with Crippen molar-refractivity contribution in [1.82, 2.24) is 9.99 Å². The molecule has 1 fully saturated rings. The van der Waals surface area contributed by atoms with Gasteiger partial charge >= 0.3 is 0 Å². The first-order valence-electron chi connectivity index (χ1n) is 7.67. The molecule has 2 aromatic rings. The third kappa shape index (κ3) is 3.15. The van der Waals surface area contributed by atoms with Crippen LogP contribution in [-0.4, -0.2) is 28.5 Å². The Balaban J connectivity index is 1.81. The molecule has 0 bridgehead atoms. The van der Waals surface area contributed by atoms with Crippen LogP contribution in [-0.2, 0) is 4.79 Å². The largest absolute Gasteiger partial charge is 0.273 e. The van der Waals surface area contributed by atoms with Crippen molar-refractivity contribution in [3.8, 4) is 11.8 Å². The van der Waals surface area contributed by atoms with Crippen LogP contribution in [0.1, 0.15) is 31.4 Å². The van der Waals surface area contributed by atoms with Gasteiger partial charge in [-0.3, -0.25) is 4.79 Å². The second kappa shape index (κ2) is 6.06. The maximum absolute atomic E-state index is 13.1. The quantitative estimate of drug-likeness (QED) is 0.757. The molecule has 1 saturated heterocycles. The fraction of sp³-hybridized carbons (Fsp3) is 0.263. The molecule has 1 aromatic carbocycles. The van der Waals surface area contributed by atoms with Crippen LogP contribution in [0, 0.1) is 17.7 Å². The van der Waals surface area contributed by atoms with E-state index in [0.29, 0.717) is 23.4 Å². The van der Waals surface area contributed by atoms with Gasteiger partial charge < -0.3 is 0 Å². The molecule has 0 spiro atoms. The Morgan fingerprint density at radius 2 is 1.92 bits per heavy atom. The van der Waals surface area contributed by atoms with Crippen molar-refractivity contribution in [3.63, 3.8) is 0 Å². The minimum Gasteiger partial charge on any atom is -0.273 e. The second-order valence-electron chi connectivity index (χ2n) is 6.38. The van der Waals surface area contributed by atoms with Gasteiger partial charge in [-0.05, 0) is 44.2 Å². The standard InChI is InChI=1S/C19H18FN3O/c1-19(2)12-18(24)23(22(19)3)17-10-9-15(13-21-17)8-7-14-5-4-6-16(20)11-14/h4-6,9-11,13H,12H2,1-3H3. The number of hydrogen-bond donors (Lipinski definition) is 0. The molecular weight excluding hydrogens is 305 g/mol. The molecule has 0 atom stereocenters. The van der Waals surface area contributed by atoms with Crippen molar-refractivity contribution in [2.24, 2.45) is 0 Å². The smallest absolute Gasteiger partial charge is 0.244 e. The Kier molecular flexibility index (Phi) is 4.08. The van der Waals surface area contributed by atoms with Crippen LogP contribution in [0.2, 0.25) is 0 Å². The first-order chi connectivity index (χ1) is 11.4. The highest BCUT2D eigenvalue weighted by Crippen LogP contribution is 2.31. The van der Waals surface area contributed by atoms with Gasteiger partial charge in [-0.15, -0.1) is 0 Å². The van der Waals surface area contributed by atoms with Crippen molar-refractivity contribution in [1.29, 1.82) is 0 Å². The van der Waals surface area contributed by atoms with Crippen LogP contribution in [0.25, 0.3) is 0 Å². The summed E-state index contributed by atoms with van der Waals surface area (Å²) in [6.45, 7) is 4.04. The van der Waals surface area contributed by atoms with E-state index in [-0.39, 0.29) is 17.3 Å². The van der Waals surface area contributed by atoms with Gasteiger partial charge in [0, 0.05) is 36.3 Å². The molecule has 1 aliphatic rings. The van der Waals surface area contributed by atoms with E-state index in [1.54, 1.807) is 35.5 Å². The lowest BCUT2D eigenvalue weighted by molar-refractivity contribution is -0.118. The van der Waals surface area contributed by atoms with Crippen LogP contribution in [0.3, 0.4) is 0 Å². The predicted molar refractivity (Wildman–Crippen MR) is 90.6 cm³/mol. The number of aromatic nitrogens is 1. The second-order valence-corrected chi connectivity index (χ2v) is 6.38. The fourth-order valence-corrected chi connectivity index (χ4v) is 2.57. The van der Waals surface area contributed by atoms with Gasteiger partial charge in [-0.25, -0.2) is 19.4 Å². The number of anilines is 1. The Morgan fingerprint density at radius 3 is 2.50 bits per heavy atom. The summed E-state index contributed by atoms with van der Waals surface area (Å²) < 4.78 is 13.1. The molecule has 5 heteroatoms. The molecule has 1 aliphatic heterocycles. The van der Waals surface area contributed by atoms with E-state index in [1.165, 1.54) is 12.1 Å². The third-order valence-electron chi connectivity index (χ3n) is 4.14. The molecule has 122 valence electrons. The molecule has 0 unspecified atom stereocenters. The number of hydrazine groups is 1. The maximum Gasteiger partial charge on any atom is 0.244 e. The zero-order chi connectivity index (χ0) is 17.3. The summed E-state index contributed by atoms with van der Waals surface area (Å²) in [4.78, 5) is 16.6. The molecule has 2 heterocycles. The van der Waals surface area contributed by atoms with E-state index in [4.69, 9.17) is 0 Å². The summed E-state index contributed by atoms with van der Waals surface area (Å²) in [6, 6.07) is 9.71. The molecule has 3 rings (SSSR count). The number of carbonyl (C=O) groups is 1. The van der Waals surface area contributed by atoms with Crippen LogP contribution >= 0.6 is 0 Å². The first-order valence-corrected chi connectivity index (χ1v) is 7.67. The van der Waals surface area contributed by atoms with E-state index in [2.05, 4.69) is 16.8 Å². The topological polar surface area (TPSA) is 36.4 Å². The Labute approximate surface area is 140 Å². The Bertz CT molecular complexity index is 834. The van der Waals surface area contributed by atoms with Crippen LogP contribution in [0.15, 0.2) is 42.6 Å². The van der Waals surface area contributed by atoms with Gasteiger partial charge in [0.2, 0.25) is 5.91 Å². The van der Waals surface area contributed by atoms with E-state index >= 15 is 0 Å². The Hall–Kier alpha value is -2.71. The monoisotopic (exact) mass is 323 g/mol. The summed E-state index contributed by atoms with van der Waals surface area (Å²) >= 11 is 0. The SMILES string of the molecule is CN1N(c2ccc(C#Cc3cccc(F)c3)cn2)C(=O)CC1(C)C. The average Bonchev–Trinajstić information content (AvgIpc) is 2.74. The third-order valence-corrected chi connectivity index (χ3v) is 4.14. The van der Waals surface area contributed by atoms with Crippen LogP contribution in [0.4, 0.5) is 10.2 Å². The summed E-state index contributed by atoms with van der Waals surface area (Å²) in [5.74, 6) is 6.13. The maximum atomic E-state index is 13.1. The number of hydrogen-bond acceptors (Lipinski definition) is 3. The molecule has 1 amide bonds. The molecular formula is C19H18FN3O. The average molecular weight is 323 g/mol. The molecule has 0 N–H and O–H groups in total. The number of nitrogens with zero attached hydrogens (tertiary/aromatic N) is 3. The molecule has 24 heavy (non-hydrogen) atoms. The normalized spacial score (nSPS) is 16.8. The van der Waals surface area contributed by atoms with Crippen molar-refractivity contribution >= 4 is 11.7 Å². The highest BCUT2D eigenvalue weighted by molar-refractivity contribution is 5.94. The molecule has 1 aromatic heterocycles. The van der Waals surface area contributed by atoms with Gasteiger partial charge in [-0.2, -0.15) is 0 Å². The van der Waals surface area contributed by atoms with Crippen LogP contribution < -0.4 is 5.01 Å². The number of rotatable bonds is 1. The summed E-state index contributed by atoms with van der Waals surface area (Å²) in [5.41, 5.74) is 1.08. The molecule has 0 radical (unpaired) electrons.